The second kappa shape index (κ2) is 34.6. The number of rotatable bonds is 10. The van der Waals surface area contributed by atoms with Crippen LogP contribution in [0.15, 0.2) is 393 Å². The van der Waals surface area contributed by atoms with Gasteiger partial charge in [0.15, 0.2) is 0 Å². The molecule has 0 atom stereocenters. The molecule has 6 nitrogen and oxygen atoms in total. The van der Waals surface area contributed by atoms with Crippen molar-refractivity contribution in [2.24, 2.45) is 0 Å². The van der Waals surface area contributed by atoms with Crippen LogP contribution in [0.1, 0.15) is 72.2 Å². The lowest BCUT2D eigenvalue weighted by molar-refractivity contribution is 0.00578. The zero-order valence-corrected chi connectivity index (χ0v) is 88.0. The third kappa shape index (κ3) is 15.3. The molecule has 1 saturated heterocycles. The van der Waals surface area contributed by atoms with Crippen molar-refractivity contribution in [2.75, 3.05) is 0 Å². The van der Waals surface area contributed by atoms with Crippen molar-refractivity contribution in [3.05, 3.63) is 437 Å². The molecule has 8 aromatic heterocycles. The summed E-state index contributed by atoms with van der Waals surface area (Å²) in [6.45, 7) is 25.7. The molecule has 146 heavy (non-hydrogen) atoms. The van der Waals surface area contributed by atoms with Crippen molar-refractivity contribution >= 4 is 242 Å². The van der Waals surface area contributed by atoms with Crippen LogP contribution in [0.25, 0.3) is 246 Å². The summed E-state index contributed by atoms with van der Waals surface area (Å²) in [4.78, 5) is 0. The minimum atomic E-state index is -0.409. The zero-order chi connectivity index (χ0) is 98.7. The molecule has 29 rings (SSSR count). The van der Waals surface area contributed by atoms with E-state index in [1.807, 2.05) is 45.3 Å². The average molecular weight is 2020 g/mol. The van der Waals surface area contributed by atoms with E-state index in [1.165, 1.54) is 285 Å². The van der Waals surface area contributed by atoms with E-state index in [9.17, 15) is 0 Å². The van der Waals surface area contributed by atoms with Gasteiger partial charge in [0.2, 0.25) is 0 Å². The van der Waals surface area contributed by atoms with Crippen LogP contribution in [0.5, 0.6) is 0 Å². The van der Waals surface area contributed by atoms with E-state index in [2.05, 4.69) is 506 Å². The molecular weight excluding hydrogens is 1920 g/mol. The van der Waals surface area contributed by atoms with Crippen LogP contribution in [-0.2, 0) is 9.31 Å². The molecule has 28 aromatic rings. The Balaban J connectivity index is 0.000000116. The van der Waals surface area contributed by atoms with E-state index in [0.29, 0.717) is 0 Å². The molecule has 0 bridgehead atoms. The monoisotopic (exact) mass is 2010 g/mol. The highest BCUT2D eigenvalue weighted by atomic mass is 79.9. The van der Waals surface area contributed by atoms with Crippen LogP contribution in [0.4, 0.5) is 0 Å². The van der Waals surface area contributed by atoms with Crippen LogP contribution in [-0.4, -0.2) is 36.6 Å². The third-order valence-corrected chi connectivity index (χ3v) is 36.0. The molecule has 0 radical (unpaired) electrons. The van der Waals surface area contributed by atoms with Gasteiger partial charge in [-0.25, -0.2) is 0 Å². The Morgan fingerprint density at radius 1 is 0.185 bits per heavy atom. The third-order valence-electron chi connectivity index (χ3n) is 30.9. The molecule has 9 heterocycles. The van der Waals surface area contributed by atoms with Crippen molar-refractivity contribution in [3.63, 3.8) is 0 Å². The highest BCUT2D eigenvalue weighted by Gasteiger charge is 2.52. The minimum Gasteiger partial charge on any atom is -0.399 e. The van der Waals surface area contributed by atoms with Gasteiger partial charge in [0, 0.05) is 151 Å². The van der Waals surface area contributed by atoms with Gasteiger partial charge in [-0.2, -0.15) is 0 Å². The number of hydrogen-bond acceptors (Lipinski definition) is 6. The van der Waals surface area contributed by atoms with Crippen LogP contribution in [0.3, 0.4) is 0 Å². The summed E-state index contributed by atoms with van der Waals surface area (Å²) < 4.78 is 34.3. The lowest BCUT2D eigenvalue weighted by Crippen LogP contribution is -2.41. The molecule has 12 heteroatoms. The normalized spacial score (nSPS) is 13.3. The molecule has 1 aliphatic rings. The standard InChI is InChI=1S/C64H44N2S2.C38H34BNO2S.C32H22BrNS/c1-37-5-17-47(18-6-37)65-57-21-11-41(31-49(57)51-33-43(13-23-59(51)65)45-15-27-63-55(35-45)53-29-39(3)9-25-61(53)67-63)42-12-22-58-50(32-42)52-34-44(14-24-60(52)66(58)48-19-7-38(2)8-20-48)46-16-28-64-56(36-46)54-30-40(4)10-26-62(54)68-64;1-23-7-13-28(14-8-23)40-33-15-10-25(26-11-18-36-32(21-26)31-19-24(2)9-17-35(31)43-36)20-29(33)30-22-27(12-16-34(30)40)39-41-37(3,4)38(5,6)42-39;1-19-3-9-24(10-4-19)34-29-11-6-21(16-25(29)26-18-23(33)8-12-30(26)34)22-7-14-32-28(17-22)27-15-20(2)5-13-31(27)35-32/h5-36H,1-4H3;7-22H,1-6H3;3-18H,1-2H3. The number of benzene rings is 20. The summed E-state index contributed by atoms with van der Waals surface area (Å²) in [5.74, 6) is 0. The van der Waals surface area contributed by atoms with Gasteiger partial charge in [-0.1, -0.05) is 206 Å². The summed E-state index contributed by atoms with van der Waals surface area (Å²) in [6, 6.07) is 146. The first-order valence-corrected chi connectivity index (χ1v) is 54.3. The maximum atomic E-state index is 6.46. The fourth-order valence-electron chi connectivity index (χ4n) is 22.5. The minimum absolute atomic E-state index is 0.390. The van der Waals surface area contributed by atoms with Crippen molar-refractivity contribution in [1.29, 1.82) is 0 Å². The highest BCUT2D eigenvalue weighted by molar-refractivity contribution is 9.10. The predicted octanol–water partition coefficient (Wildman–Crippen LogP) is 38.8. The van der Waals surface area contributed by atoms with Gasteiger partial charge >= 0.3 is 7.12 Å². The van der Waals surface area contributed by atoms with Gasteiger partial charge < -0.3 is 27.6 Å². The van der Waals surface area contributed by atoms with Crippen LogP contribution in [0.2, 0.25) is 0 Å². The smallest absolute Gasteiger partial charge is 0.399 e. The molecule has 0 amide bonds. The second-order valence-electron chi connectivity index (χ2n) is 41.4. The molecular formula is C134H100BBrN4O2S4. The van der Waals surface area contributed by atoms with Gasteiger partial charge in [0.1, 0.15) is 0 Å². The van der Waals surface area contributed by atoms with Crippen molar-refractivity contribution in [3.8, 4) is 78.4 Å². The van der Waals surface area contributed by atoms with Crippen LogP contribution < -0.4 is 5.46 Å². The summed E-state index contributed by atoms with van der Waals surface area (Å²) >= 11 is 11.2. The van der Waals surface area contributed by atoms with Crippen molar-refractivity contribution in [2.45, 2.75) is 94.3 Å². The molecule has 1 aliphatic heterocycles. The molecule has 0 spiro atoms. The molecule has 20 aromatic carbocycles. The van der Waals surface area contributed by atoms with E-state index in [1.54, 1.807) is 0 Å². The quantitative estimate of drug-likeness (QED) is 0.128. The van der Waals surface area contributed by atoms with E-state index in [4.69, 9.17) is 9.31 Å². The molecule has 702 valence electrons. The molecule has 0 unspecified atom stereocenters. The summed E-state index contributed by atoms with van der Waals surface area (Å²) in [7, 11) is -0.409. The van der Waals surface area contributed by atoms with E-state index in [0.717, 1.165) is 15.6 Å². The predicted molar refractivity (Wildman–Crippen MR) is 637 cm³/mol. The maximum Gasteiger partial charge on any atom is 0.494 e. The number of fused-ring (bicyclic) bond motifs is 24. The number of nitrogens with zero attached hydrogens (tertiary/aromatic N) is 4. The van der Waals surface area contributed by atoms with Gasteiger partial charge in [0.25, 0.3) is 0 Å². The number of thiophene rings is 4. The zero-order valence-electron chi connectivity index (χ0n) is 83.1. The first-order chi connectivity index (χ1) is 70.9. The lowest BCUT2D eigenvalue weighted by atomic mass is 9.78. The van der Waals surface area contributed by atoms with Gasteiger partial charge in [-0.05, 0) is 387 Å². The summed E-state index contributed by atoms with van der Waals surface area (Å²) in [5, 5.41) is 20.6. The molecule has 0 aliphatic carbocycles. The Morgan fingerprint density at radius 2 is 0.363 bits per heavy atom. The Labute approximate surface area is 871 Å². The van der Waals surface area contributed by atoms with E-state index >= 15 is 0 Å². The number of aryl methyl sites for hydroxylation is 8. The number of halogens is 1. The topological polar surface area (TPSA) is 38.2 Å². The molecule has 0 saturated carbocycles. The highest BCUT2D eigenvalue weighted by Crippen LogP contribution is 2.49. The molecule has 0 N–H and O–H groups in total. The van der Waals surface area contributed by atoms with Crippen LogP contribution in [0, 0.1) is 55.4 Å². The Morgan fingerprint density at radius 3 is 0.603 bits per heavy atom. The van der Waals surface area contributed by atoms with E-state index < -0.39 is 18.3 Å². The molecule has 1 fully saturated rings. The van der Waals surface area contributed by atoms with Gasteiger partial charge in [-0.3, -0.25) is 0 Å². The Kier molecular flexibility index (Phi) is 21.3. The average Bonchev–Trinajstić information content (AvgIpc) is 1.58. The first-order valence-electron chi connectivity index (χ1n) is 50.3. The Hall–Kier alpha value is -15.1. The summed E-state index contributed by atoms with van der Waals surface area (Å²) in [5.41, 5.74) is 37.0. The SMILES string of the molecule is Cc1ccc(-n2c3ccc(-c4ccc5sc6ccc(C)cc6c5c4)cc3c3cc(-c4ccc5c(c4)c4cc(-c6ccc7sc8ccc(C)cc8c7c6)ccc4n5-c4ccc(C)cc4)ccc32)cc1.Cc1ccc(-n2c3ccc(B4OC(C)(C)C(C)(C)O4)cc3c3cc(-c4ccc5sc6ccc(C)cc6c5c4)ccc32)cc1.Cc1ccc(-n2c3ccc(Br)cc3c3cc(-c4ccc5sc6ccc(C)cc6c5c4)ccc32)cc1. The summed E-state index contributed by atoms with van der Waals surface area (Å²) in [6.07, 6.45) is 0. The maximum absolute atomic E-state index is 6.46. The second-order valence-corrected chi connectivity index (χ2v) is 46.6. The Bertz CT molecular complexity index is 10000. The van der Waals surface area contributed by atoms with Crippen molar-refractivity contribution < 1.29 is 9.31 Å². The number of hydrogen-bond donors (Lipinski definition) is 0. The fourth-order valence-corrected chi connectivity index (χ4v) is 27.1. The number of aromatic nitrogens is 4. The lowest BCUT2D eigenvalue weighted by Gasteiger charge is -2.32. The van der Waals surface area contributed by atoms with Gasteiger partial charge in [0.05, 0.1) is 55.3 Å². The first kappa shape index (κ1) is 89.8. The largest absolute Gasteiger partial charge is 0.494 e. The van der Waals surface area contributed by atoms with Gasteiger partial charge in [-0.15, -0.1) is 45.3 Å². The fraction of sp³-hybridized carbons (Fsp3) is 0.104. The van der Waals surface area contributed by atoms with Crippen LogP contribution >= 0.6 is 61.3 Å². The van der Waals surface area contributed by atoms with Crippen molar-refractivity contribution in [1.82, 2.24) is 18.3 Å². The van der Waals surface area contributed by atoms with E-state index in [-0.39, 0.29) is 0 Å².